The number of thiophene rings is 1. The molecule has 0 fully saturated rings. The quantitative estimate of drug-likeness (QED) is 0.845. The van der Waals surface area contributed by atoms with E-state index in [4.69, 9.17) is 11.6 Å². The number of benzene rings is 1. The van der Waals surface area contributed by atoms with Gasteiger partial charge < -0.3 is 5.32 Å². The van der Waals surface area contributed by atoms with E-state index in [2.05, 4.69) is 34.3 Å². The first-order valence-electron chi connectivity index (χ1n) is 5.24. The summed E-state index contributed by atoms with van der Waals surface area (Å²) in [6, 6.07) is 10.2. The fraction of sp³-hybridized carbons (Fsp3) is 0.154. The first-order chi connectivity index (χ1) is 8.29. The molecule has 2 nitrogen and oxygen atoms in total. The largest absolute Gasteiger partial charge is 0.351 e. The second-order valence-electron chi connectivity index (χ2n) is 3.62. The Morgan fingerprint density at radius 3 is 2.88 bits per heavy atom. The third-order valence-corrected chi connectivity index (χ3v) is 3.32. The Labute approximate surface area is 109 Å². The summed E-state index contributed by atoms with van der Waals surface area (Å²) in [6.07, 6.45) is 0. The van der Waals surface area contributed by atoms with Crippen LogP contribution in [0.15, 0.2) is 41.1 Å². The van der Waals surface area contributed by atoms with E-state index >= 15 is 0 Å². The van der Waals surface area contributed by atoms with Gasteiger partial charge in [0, 0.05) is 6.54 Å². The molecule has 2 aromatic rings. The van der Waals surface area contributed by atoms with Gasteiger partial charge in [-0.05, 0) is 39.6 Å². The van der Waals surface area contributed by atoms with Gasteiger partial charge in [0.2, 0.25) is 5.91 Å². The summed E-state index contributed by atoms with van der Waals surface area (Å²) < 4.78 is 0. The van der Waals surface area contributed by atoms with Crippen molar-refractivity contribution in [2.75, 3.05) is 5.88 Å². The van der Waals surface area contributed by atoms with Gasteiger partial charge in [0.25, 0.3) is 0 Å². The number of carbonyl (C=O) groups is 1. The van der Waals surface area contributed by atoms with E-state index in [0.717, 1.165) is 5.56 Å². The van der Waals surface area contributed by atoms with Gasteiger partial charge in [-0.3, -0.25) is 4.79 Å². The summed E-state index contributed by atoms with van der Waals surface area (Å²) in [5.74, 6) is -0.142. The molecule has 1 amide bonds. The Morgan fingerprint density at radius 2 is 2.18 bits per heavy atom. The van der Waals surface area contributed by atoms with Crippen molar-refractivity contribution in [1.82, 2.24) is 5.32 Å². The van der Waals surface area contributed by atoms with Crippen LogP contribution in [0.25, 0.3) is 11.1 Å². The topological polar surface area (TPSA) is 29.1 Å². The molecule has 0 aliphatic rings. The fourth-order valence-corrected chi connectivity index (χ4v) is 2.30. The highest BCUT2D eigenvalue weighted by Gasteiger charge is 2.01. The number of hydrogen-bond donors (Lipinski definition) is 1. The predicted octanol–water partition coefficient (Wildman–Crippen LogP) is 3.27. The predicted molar refractivity (Wildman–Crippen MR) is 72.3 cm³/mol. The molecule has 1 aromatic carbocycles. The van der Waals surface area contributed by atoms with Crippen molar-refractivity contribution in [2.45, 2.75) is 6.54 Å². The monoisotopic (exact) mass is 265 g/mol. The second kappa shape index (κ2) is 5.84. The van der Waals surface area contributed by atoms with Gasteiger partial charge in [-0.25, -0.2) is 0 Å². The van der Waals surface area contributed by atoms with Crippen LogP contribution in [0.1, 0.15) is 5.56 Å². The zero-order valence-electron chi connectivity index (χ0n) is 9.15. The summed E-state index contributed by atoms with van der Waals surface area (Å²) in [5, 5.41) is 6.91. The second-order valence-corrected chi connectivity index (χ2v) is 4.67. The van der Waals surface area contributed by atoms with Crippen LogP contribution < -0.4 is 5.32 Å². The van der Waals surface area contributed by atoms with Gasteiger partial charge in [0.15, 0.2) is 0 Å². The van der Waals surface area contributed by atoms with Gasteiger partial charge >= 0.3 is 0 Å². The minimum Gasteiger partial charge on any atom is -0.351 e. The highest BCUT2D eigenvalue weighted by atomic mass is 35.5. The fourth-order valence-electron chi connectivity index (χ4n) is 1.54. The molecule has 2 rings (SSSR count). The van der Waals surface area contributed by atoms with Crippen LogP contribution in [0, 0.1) is 0 Å². The Morgan fingerprint density at radius 1 is 1.29 bits per heavy atom. The maximum Gasteiger partial charge on any atom is 0.235 e. The van der Waals surface area contributed by atoms with Gasteiger partial charge in [-0.1, -0.05) is 18.2 Å². The number of rotatable bonds is 4. The Balaban J connectivity index is 2.09. The van der Waals surface area contributed by atoms with E-state index in [9.17, 15) is 4.79 Å². The zero-order valence-corrected chi connectivity index (χ0v) is 10.7. The smallest absolute Gasteiger partial charge is 0.235 e. The van der Waals surface area contributed by atoms with Crippen LogP contribution in [-0.2, 0) is 11.3 Å². The lowest BCUT2D eigenvalue weighted by Gasteiger charge is -2.05. The summed E-state index contributed by atoms with van der Waals surface area (Å²) >= 11 is 7.10. The molecular weight excluding hydrogens is 254 g/mol. The number of nitrogens with one attached hydrogen (secondary N) is 1. The summed E-state index contributed by atoms with van der Waals surface area (Å²) in [6.45, 7) is 0.517. The maximum absolute atomic E-state index is 11.1. The molecule has 0 saturated carbocycles. The molecule has 17 heavy (non-hydrogen) atoms. The Kier molecular flexibility index (Phi) is 4.18. The molecule has 1 N–H and O–H groups in total. The van der Waals surface area contributed by atoms with Crippen molar-refractivity contribution in [3.05, 3.63) is 46.7 Å². The maximum atomic E-state index is 11.1. The van der Waals surface area contributed by atoms with Crippen LogP contribution >= 0.6 is 22.9 Å². The lowest BCUT2D eigenvalue weighted by Crippen LogP contribution is -2.23. The van der Waals surface area contributed by atoms with Gasteiger partial charge in [-0.15, -0.1) is 11.6 Å². The SMILES string of the molecule is O=C(CCl)NCc1cccc(-c2ccsc2)c1. The van der Waals surface area contributed by atoms with Crippen LogP contribution in [0.3, 0.4) is 0 Å². The van der Waals surface area contributed by atoms with Gasteiger partial charge in [0.05, 0.1) is 0 Å². The van der Waals surface area contributed by atoms with E-state index in [0.29, 0.717) is 6.54 Å². The first-order valence-corrected chi connectivity index (χ1v) is 6.71. The number of amides is 1. The molecular formula is C13H12ClNOS. The molecule has 1 aromatic heterocycles. The third-order valence-electron chi connectivity index (χ3n) is 2.39. The molecule has 88 valence electrons. The average molecular weight is 266 g/mol. The number of alkyl halides is 1. The minimum atomic E-state index is -0.146. The molecule has 0 unspecified atom stereocenters. The van der Waals surface area contributed by atoms with Gasteiger partial charge in [-0.2, -0.15) is 11.3 Å². The minimum absolute atomic E-state index is 0.00419. The molecule has 0 saturated heterocycles. The van der Waals surface area contributed by atoms with Crippen molar-refractivity contribution in [1.29, 1.82) is 0 Å². The molecule has 1 heterocycles. The van der Waals surface area contributed by atoms with Crippen LogP contribution in [0.4, 0.5) is 0 Å². The number of halogens is 1. The highest BCUT2D eigenvalue weighted by molar-refractivity contribution is 7.08. The van der Waals surface area contributed by atoms with E-state index in [-0.39, 0.29) is 11.8 Å². The number of carbonyl (C=O) groups excluding carboxylic acids is 1. The average Bonchev–Trinajstić information content (AvgIpc) is 2.90. The van der Waals surface area contributed by atoms with Crippen molar-refractivity contribution in [3.8, 4) is 11.1 Å². The zero-order chi connectivity index (χ0) is 12.1. The first kappa shape index (κ1) is 12.1. The lowest BCUT2D eigenvalue weighted by molar-refractivity contribution is -0.118. The molecule has 0 atom stereocenters. The summed E-state index contributed by atoms with van der Waals surface area (Å²) in [7, 11) is 0. The summed E-state index contributed by atoms with van der Waals surface area (Å²) in [5.41, 5.74) is 3.46. The normalized spacial score (nSPS) is 10.2. The lowest BCUT2D eigenvalue weighted by atomic mass is 10.1. The van der Waals surface area contributed by atoms with Crippen LogP contribution in [0.2, 0.25) is 0 Å². The van der Waals surface area contributed by atoms with E-state index in [1.807, 2.05) is 12.1 Å². The van der Waals surface area contributed by atoms with Crippen molar-refractivity contribution >= 4 is 28.8 Å². The van der Waals surface area contributed by atoms with Gasteiger partial charge in [0.1, 0.15) is 5.88 Å². The molecule has 0 radical (unpaired) electrons. The molecule has 0 spiro atoms. The summed E-state index contributed by atoms with van der Waals surface area (Å²) in [4.78, 5) is 11.1. The Bertz CT molecular complexity index is 496. The molecule has 0 aliphatic carbocycles. The third kappa shape index (κ3) is 3.32. The molecule has 0 bridgehead atoms. The molecule has 0 aliphatic heterocycles. The van der Waals surface area contributed by atoms with Crippen molar-refractivity contribution in [3.63, 3.8) is 0 Å². The van der Waals surface area contributed by atoms with E-state index in [1.165, 1.54) is 11.1 Å². The Hall–Kier alpha value is -1.32. The van der Waals surface area contributed by atoms with Crippen LogP contribution in [-0.4, -0.2) is 11.8 Å². The van der Waals surface area contributed by atoms with E-state index < -0.39 is 0 Å². The van der Waals surface area contributed by atoms with Crippen molar-refractivity contribution < 1.29 is 4.79 Å². The standard InChI is InChI=1S/C13H12ClNOS/c14-7-13(16)15-8-10-2-1-3-11(6-10)12-4-5-17-9-12/h1-6,9H,7-8H2,(H,15,16). The number of hydrogen-bond acceptors (Lipinski definition) is 2. The highest BCUT2D eigenvalue weighted by Crippen LogP contribution is 2.22. The van der Waals surface area contributed by atoms with E-state index in [1.54, 1.807) is 11.3 Å². The molecule has 4 heteroatoms. The van der Waals surface area contributed by atoms with Crippen molar-refractivity contribution in [2.24, 2.45) is 0 Å². The van der Waals surface area contributed by atoms with Crippen LogP contribution in [0.5, 0.6) is 0 Å².